The Kier molecular flexibility index (Phi) is 16.4. The Morgan fingerprint density at radius 3 is 2.38 bits per heavy atom. The lowest BCUT2D eigenvalue weighted by Gasteiger charge is -2.22. The van der Waals surface area contributed by atoms with Crippen molar-refractivity contribution in [1.29, 1.82) is 0 Å². The van der Waals surface area contributed by atoms with Crippen LogP contribution in [0.5, 0.6) is 0 Å². The van der Waals surface area contributed by atoms with E-state index < -0.39 is 69.1 Å². The maximum absolute atomic E-state index is 12.8. The largest absolute Gasteiger partial charge is 0.457 e. The van der Waals surface area contributed by atoms with Gasteiger partial charge < -0.3 is 36.7 Å². The predicted molar refractivity (Wildman–Crippen MR) is 184 cm³/mol. The Hall–Kier alpha value is -4.25. The van der Waals surface area contributed by atoms with E-state index in [2.05, 4.69) is 64.4 Å². The standard InChI is InChI=1S/C32H47N8O9P/c1-2-3-4-5-6-7-8-9-10-11-12-13-14-15-16-17-25(42)49-28-23(19-47-50(45,46)39-31(44)22(33)18-24(34)41)48-32(27(28)43)40-21-38-26-29(35)36-20-37-30(26)40/h3-4,6-7,9-10,12-13,20-23,27-28,32,43H,2,5,8,11,14-19,33H2,1H3,(H2,34,41)(H2,35,36,37)(H2,39,44,45,46)/b4-3-,7-6-,10-9-,13-12-/t22-,23+,27+,28+,32+/m0/s1. The number of allylic oxidation sites excluding steroid dienone is 8. The minimum absolute atomic E-state index is 0.0407. The molecule has 18 heteroatoms. The lowest BCUT2D eigenvalue weighted by molar-refractivity contribution is -0.156. The first kappa shape index (κ1) is 40.2. The number of amides is 2. The van der Waals surface area contributed by atoms with Crippen LogP contribution in [0.25, 0.3) is 11.2 Å². The zero-order valence-electron chi connectivity index (χ0n) is 28.0. The number of carbonyl (C=O) groups is 3. The maximum atomic E-state index is 12.8. The van der Waals surface area contributed by atoms with Gasteiger partial charge >= 0.3 is 13.7 Å². The minimum Gasteiger partial charge on any atom is -0.457 e. The number of nitrogens with zero attached hydrogens (tertiary/aromatic N) is 4. The quantitative estimate of drug-likeness (QED) is 0.0468. The van der Waals surface area contributed by atoms with Crippen molar-refractivity contribution in [2.24, 2.45) is 11.5 Å². The van der Waals surface area contributed by atoms with Crippen molar-refractivity contribution >= 4 is 42.5 Å². The number of anilines is 1. The molecule has 2 aromatic heterocycles. The Morgan fingerprint density at radius 2 is 1.72 bits per heavy atom. The van der Waals surface area contributed by atoms with Gasteiger partial charge in [0.15, 0.2) is 23.8 Å². The summed E-state index contributed by atoms with van der Waals surface area (Å²) in [5, 5.41) is 13.0. The lowest BCUT2D eigenvalue weighted by Crippen LogP contribution is -2.42. The second-order valence-electron chi connectivity index (χ2n) is 11.4. The molecule has 0 bridgehead atoms. The third-order valence-electron chi connectivity index (χ3n) is 7.38. The van der Waals surface area contributed by atoms with E-state index in [-0.39, 0.29) is 23.4 Å². The first-order valence-corrected chi connectivity index (χ1v) is 17.9. The maximum Gasteiger partial charge on any atom is 0.432 e. The van der Waals surface area contributed by atoms with Crippen LogP contribution in [0.15, 0.2) is 61.3 Å². The zero-order valence-corrected chi connectivity index (χ0v) is 28.8. The van der Waals surface area contributed by atoms with Crippen molar-refractivity contribution in [2.45, 2.75) is 95.3 Å². The summed E-state index contributed by atoms with van der Waals surface area (Å²) >= 11 is 0. The number of fused-ring (bicyclic) bond motifs is 1. The van der Waals surface area contributed by atoms with E-state index in [9.17, 15) is 28.9 Å². The molecule has 1 saturated heterocycles. The summed E-state index contributed by atoms with van der Waals surface area (Å²) in [5.74, 6) is -2.59. The summed E-state index contributed by atoms with van der Waals surface area (Å²) in [5.41, 5.74) is 16.9. The number of aliphatic hydroxyl groups is 1. The number of esters is 1. The van der Waals surface area contributed by atoms with E-state index >= 15 is 0 Å². The molecule has 1 unspecified atom stereocenters. The van der Waals surface area contributed by atoms with Gasteiger partial charge in [-0.1, -0.05) is 55.5 Å². The van der Waals surface area contributed by atoms with Gasteiger partial charge in [0, 0.05) is 6.42 Å². The Labute approximate surface area is 290 Å². The lowest BCUT2D eigenvalue weighted by atomic mass is 10.1. The molecule has 1 fully saturated rings. The molecule has 0 radical (unpaired) electrons. The van der Waals surface area contributed by atoms with Crippen LogP contribution in [0.3, 0.4) is 0 Å². The van der Waals surface area contributed by atoms with Gasteiger partial charge in [-0.25, -0.2) is 19.5 Å². The number of primary amides is 1. The third kappa shape index (κ3) is 12.9. The fourth-order valence-corrected chi connectivity index (χ4v) is 5.72. The highest BCUT2D eigenvalue weighted by Gasteiger charge is 2.48. The number of ether oxygens (including phenoxy) is 2. The Morgan fingerprint density at radius 1 is 1.06 bits per heavy atom. The normalized spacial score (nSPS) is 21.4. The molecule has 3 rings (SSSR count). The highest BCUT2D eigenvalue weighted by molar-refractivity contribution is 7.51. The molecule has 9 N–H and O–H groups in total. The first-order valence-electron chi connectivity index (χ1n) is 16.3. The van der Waals surface area contributed by atoms with Gasteiger partial charge in [0.1, 0.15) is 24.1 Å². The average molecular weight is 719 g/mol. The molecule has 0 spiro atoms. The van der Waals surface area contributed by atoms with Crippen molar-refractivity contribution in [3.8, 4) is 0 Å². The monoisotopic (exact) mass is 718 g/mol. The number of aromatic nitrogens is 4. The number of rotatable bonds is 21. The molecule has 0 saturated carbocycles. The molecule has 17 nitrogen and oxygen atoms in total. The van der Waals surface area contributed by atoms with Gasteiger partial charge in [0.2, 0.25) is 11.8 Å². The molecule has 1 aliphatic rings. The van der Waals surface area contributed by atoms with Crippen LogP contribution in [-0.2, 0) is 32.9 Å². The SMILES string of the molecule is CC/C=C\C/C=C\C/C=C\C/C=C\CCCCC(=O)O[C@H]1[C@@H](O)[C@H](n2cnc3c(N)ncnc32)O[C@@H]1COP(=O)(O)NC(=O)[C@@H](N)CC(N)=O. The molecule has 50 heavy (non-hydrogen) atoms. The van der Waals surface area contributed by atoms with Crippen LogP contribution in [0, 0.1) is 0 Å². The van der Waals surface area contributed by atoms with E-state index in [4.69, 9.17) is 31.2 Å². The molecule has 6 atom stereocenters. The second-order valence-corrected chi connectivity index (χ2v) is 12.9. The highest BCUT2D eigenvalue weighted by atomic mass is 31.2. The van der Waals surface area contributed by atoms with Crippen molar-refractivity contribution in [3.05, 3.63) is 61.3 Å². The van der Waals surface area contributed by atoms with Gasteiger partial charge in [-0.05, 0) is 44.9 Å². The van der Waals surface area contributed by atoms with Gasteiger partial charge in [0.05, 0.1) is 25.4 Å². The zero-order chi connectivity index (χ0) is 36.5. The van der Waals surface area contributed by atoms with Crippen LogP contribution in [0.2, 0.25) is 0 Å². The van der Waals surface area contributed by atoms with Crippen molar-refractivity contribution in [2.75, 3.05) is 12.3 Å². The molecule has 2 amide bonds. The van der Waals surface area contributed by atoms with E-state index in [1.54, 1.807) is 5.09 Å². The molecule has 274 valence electrons. The summed E-state index contributed by atoms with van der Waals surface area (Å²) in [6.07, 6.45) is 19.2. The van der Waals surface area contributed by atoms with E-state index in [1.807, 2.05) is 6.08 Å². The van der Waals surface area contributed by atoms with Crippen LogP contribution in [0.1, 0.15) is 70.9 Å². The molecule has 1 aliphatic heterocycles. The Bertz CT molecular complexity index is 1590. The van der Waals surface area contributed by atoms with Crippen molar-refractivity contribution in [3.63, 3.8) is 0 Å². The third-order valence-corrected chi connectivity index (χ3v) is 8.38. The van der Waals surface area contributed by atoms with Gasteiger partial charge in [0.25, 0.3) is 0 Å². The molecule has 0 aliphatic carbocycles. The van der Waals surface area contributed by atoms with E-state index in [0.717, 1.165) is 38.5 Å². The fraction of sp³-hybridized carbons (Fsp3) is 0.500. The smallest absolute Gasteiger partial charge is 0.432 e. The van der Waals surface area contributed by atoms with E-state index in [0.29, 0.717) is 6.42 Å². The molecular formula is C32H47N8O9P. The number of aliphatic hydroxyl groups excluding tert-OH is 1. The summed E-state index contributed by atoms with van der Waals surface area (Å²) in [7, 11) is -4.86. The number of nitrogen functional groups attached to an aromatic ring is 1. The number of imidazole rings is 1. The fourth-order valence-electron chi connectivity index (χ4n) is 4.86. The minimum atomic E-state index is -4.86. The topological polar surface area (TPSA) is 270 Å². The summed E-state index contributed by atoms with van der Waals surface area (Å²) < 4.78 is 30.5. The number of hydrogen-bond donors (Lipinski definition) is 6. The summed E-state index contributed by atoms with van der Waals surface area (Å²) in [6.45, 7) is 1.40. The average Bonchev–Trinajstić information content (AvgIpc) is 3.62. The first-order chi connectivity index (χ1) is 23.9. The number of hydrogen-bond acceptors (Lipinski definition) is 13. The highest BCUT2D eigenvalue weighted by Crippen LogP contribution is 2.40. The predicted octanol–water partition coefficient (Wildman–Crippen LogP) is 2.38. The second kappa shape index (κ2) is 20.4. The van der Waals surface area contributed by atoms with E-state index in [1.165, 1.54) is 17.2 Å². The van der Waals surface area contributed by atoms with Crippen molar-refractivity contribution < 1.29 is 42.9 Å². The van der Waals surface area contributed by atoms with Gasteiger partial charge in [-0.3, -0.25) is 28.6 Å². The van der Waals surface area contributed by atoms with Crippen molar-refractivity contribution in [1.82, 2.24) is 24.6 Å². The van der Waals surface area contributed by atoms with Gasteiger partial charge in [-0.2, -0.15) is 0 Å². The summed E-state index contributed by atoms with van der Waals surface area (Å²) in [4.78, 5) is 58.5. The van der Waals surface area contributed by atoms with Crippen LogP contribution < -0.4 is 22.3 Å². The van der Waals surface area contributed by atoms with Crippen LogP contribution >= 0.6 is 7.75 Å². The van der Waals surface area contributed by atoms with Gasteiger partial charge in [-0.15, -0.1) is 0 Å². The number of nitrogens with two attached hydrogens (primary N) is 3. The molecule has 2 aromatic rings. The number of unbranched alkanes of at least 4 members (excludes halogenated alkanes) is 2. The molecule has 0 aromatic carbocycles. The Balaban J connectivity index is 1.55. The molecular weight excluding hydrogens is 671 g/mol. The summed E-state index contributed by atoms with van der Waals surface area (Å²) in [6, 6.07) is -1.49. The number of nitrogens with one attached hydrogen (secondary N) is 1. The molecule has 3 heterocycles. The van der Waals surface area contributed by atoms with Crippen LogP contribution in [-0.4, -0.2) is 78.3 Å². The number of carbonyl (C=O) groups excluding carboxylic acids is 3. The van der Waals surface area contributed by atoms with Crippen LogP contribution in [0.4, 0.5) is 5.82 Å².